The molecule has 1 aromatic heterocycles. The number of nitrogens with one attached hydrogen (secondary N) is 1. The number of para-hydroxylation sites is 1. The van der Waals surface area contributed by atoms with Gasteiger partial charge < -0.3 is 5.32 Å². The number of aryl methyl sites for hydroxylation is 2. The van der Waals surface area contributed by atoms with Gasteiger partial charge in [-0.2, -0.15) is 0 Å². The molecule has 1 aromatic carbocycles. The summed E-state index contributed by atoms with van der Waals surface area (Å²) in [6, 6.07) is 8.01. The molecule has 1 amide bonds. The lowest BCUT2D eigenvalue weighted by Gasteiger charge is -2.10. The van der Waals surface area contributed by atoms with E-state index < -0.39 is 5.82 Å². The summed E-state index contributed by atoms with van der Waals surface area (Å²) in [6.07, 6.45) is 1.61. The van der Waals surface area contributed by atoms with Crippen molar-refractivity contribution in [2.45, 2.75) is 13.8 Å². The first-order valence-electron chi connectivity index (χ1n) is 5.57. The van der Waals surface area contributed by atoms with Gasteiger partial charge in [0.15, 0.2) is 0 Å². The van der Waals surface area contributed by atoms with E-state index in [9.17, 15) is 9.18 Å². The van der Waals surface area contributed by atoms with E-state index in [4.69, 9.17) is 0 Å². The van der Waals surface area contributed by atoms with Crippen LogP contribution in [0, 0.1) is 19.7 Å². The second-order valence-corrected chi connectivity index (χ2v) is 4.02. The van der Waals surface area contributed by atoms with Crippen LogP contribution in [0.4, 0.5) is 10.1 Å². The van der Waals surface area contributed by atoms with Crippen LogP contribution < -0.4 is 5.32 Å². The minimum absolute atomic E-state index is 0.214. The van der Waals surface area contributed by atoms with E-state index in [2.05, 4.69) is 10.3 Å². The zero-order valence-corrected chi connectivity index (χ0v) is 10.2. The van der Waals surface area contributed by atoms with Gasteiger partial charge in [0, 0.05) is 11.9 Å². The number of hydrogen-bond donors (Lipinski definition) is 1. The molecule has 0 saturated carbocycles. The second kappa shape index (κ2) is 4.96. The van der Waals surface area contributed by atoms with E-state index in [0.29, 0.717) is 16.8 Å². The molecular formula is C14H13FN2O. The van der Waals surface area contributed by atoms with Gasteiger partial charge in [-0.25, -0.2) is 4.39 Å². The van der Waals surface area contributed by atoms with Crippen molar-refractivity contribution < 1.29 is 9.18 Å². The van der Waals surface area contributed by atoms with Gasteiger partial charge in [0.2, 0.25) is 0 Å². The minimum atomic E-state index is -0.440. The Morgan fingerprint density at radius 1 is 1.22 bits per heavy atom. The van der Waals surface area contributed by atoms with Crippen LogP contribution in [0.15, 0.2) is 36.5 Å². The van der Waals surface area contributed by atoms with E-state index in [0.717, 1.165) is 0 Å². The smallest absolute Gasteiger partial charge is 0.257 e. The molecule has 0 saturated heterocycles. The van der Waals surface area contributed by atoms with Crippen LogP contribution in [0.1, 0.15) is 21.6 Å². The summed E-state index contributed by atoms with van der Waals surface area (Å²) in [7, 11) is 0. The maximum atomic E-state index is 13.6. The summed E-state index contributed by atoms with van der Waals surface area (Å²) in [5, 5.41) is 2.58. The van der Waals surface area contributed by atoms with Crippen molar-refractivity contribution in [2.75, 3.05) is 5.32 Å². The third kappa shape index (κ3) is 2.37. The molecule has 3 nitrogen and oxygen atoms in total. The van der Waals surface area contributed by atoms with Crippen LogP contribution in [0.3, 0.4) is 0 Å². The molecule has 0 aliphatic carbocycles. The lowest BCUT2D eigenvalue weighted by molar-refractivity contribution is 0.102. The second-order valence-electron chi connectivity index (χ2n) is 4.02. The van der Waals surface area contributed by atoms with E-state index in [-0.39, 0.29) is 11.6 Å². The number of halogens is 1. The Balaban J connectivity index is 2.30. The van der Waals surface area contributed by atoms with Crippen LogP contribution in [0.5, 0.6) is 0 Å². The van der Waals surface area contributed by atoms with E-state index in [1.165, 1.54) is 6.07 Å². The Labute approximate surface area is 105 Å². The molecule has 2 rings (SSSR count). The van der Waals surface area contributed by atoms with Crippen molar-refractivity contribution in [3.8, 4) is 0 Å². The molecule has 0 aliphatic heterocycles. The summed E-state index contributed by atoms with van der Waals surface area (Å²) in [6.45, 7) is 3.48. The number of nitrogens with zero attached hydrogens (tertiary/aromatic N) is 1. The number of carbonyl (C=O) groups is 1. The lowest BCUT2D eigenvalue weighted by Crippen LogP contribution is -2.15. The van der Waals surface area contributed by atoms with Crippen LogP contribution in [0.2, 0.25) is 0 Å². The van der Waals surface area contributed by atoms with Crippen molar-refractivity contribution in [2.24, 2.45) is 0 Å². The quantitative estimate of drug-likeness (QED) is 0.882. The maximum Gasteiger partial charge on any atom is 0.257 e. The summed E-state index contributed by atoms with van der Waals surface area (Å²) in [5.74, 6) is -0.793. The van der Waals surface area contributed by atoms with E-state index >= 15 is 0 Å². The number of carbonyl (C=O) groups excluding carboxylic acids is 1. The van der Waals surface area contributed by atoms with Crippen molar-refractivity contribution in [1.29, 1.82) is 0 Å². The first kappa shape index (κ1) is 12.2. The fourth-order valence-corrected chi connectivity index (χ4v) is 1.70. The first-order valence-corrected chi connectivity index (χ1v) is 5.57. The molecule has 0 radical (unpaired) electrons. The Morgan fingerprint density at radius 3 is 2.67 bits per heavy atom. The Hall–Kier alpha value is -2.23. The average Bonchev–Trinajstić information content (AvgIpc) is 2.34. The van der Waals surface area contributed by atoms with Gasteiger partial charge in [0.05, 0.1) is 11.3 Å². The molecule has 1 N–H and O–H groups in total. The largest absolute Gasteiger partial charge is 0.319 e. The SMILES string of the molecule is Cc1cccc(F)c1NC(=O)c1cccnc1C. The highest BCUT2D eigenvalue weighted by molar-refractivity contribution is 6.05. The number of hydrogen-bond acceptors (Lipinski definition) is 2. The number of rotatable bonds is 2. The standard InChI is InChI=1S/C14H13FN2O/c1-9-5-3-7-12(15)13(9)17-14(18)11-6-4-8-16-10(11)2/h3-8H,1-2H3,(H,17,18). The zero-order valence-electron chi connectivity index (χ0n) is 10.2. The molecule has 0 atom stereocenters. The Bertz CT molecular complexity index is 576. The summed E-state index contributed by atoms with van der Waals surface area (Å²) < 4.78 is 13.6. The van der Waals surface area contributed by atoms with Crippen molar-refractivity contribution >= 4 is 11.6 Å². The van der Waals surface area contributed by atoms with Gasteiger partial charge in [0.25, 0.3) is 5.91 Å². The van der Waals surface area contributed by atoms with Crippen molar-refractivity contribution in [3.05, 3.63) is 59.2 Å². The van der Waals surface area contributed by atoms with Gasteiger partial charge in [0.1, 0.15) is 5.82 Å². The van der Waals surface area contributed by atoms with E-state index in [1.54, 1.807) is 44.3 Å². The lowest BCUT2D eigenvalue weighted by atomic mass is 10.1. The molecule has 92 valence electrons. The third-order valence-electron chi connectivity index (χ3n) is 2.71. The zero-order chi connectivity index (χ0) is 13.1. The van der Waals surface area contributed by atoms with Crippen LogP contribution >= 0.6 is 0 Å². The normalized spacial score (nSPS) is 10.2. The number of amides is 1. The first-order chi connectivity index (χ1) is 8.59. The van der Waals surface area contributed by atoms with Crippen LogP contribution in [-0.2, 0) is 0 Å². The summed E-state index contributed by atoms with van der Waals surface area (Å²) >= 11 is 0. The van der Waals surface area contributed by atoms with Crippen LogP contribution in [-0.4, -0.2) is 10.9 Å². The molecular weight excluding hydrogens is 231 g/mol. The van der Waals surface area contributed by atoms with Crippen molar-refractivity contribution in [3.63, 3.8) is 0 Å². The van der Waals surface area contributed by atoms with E-state index in [1.807, 2.05) is 0 Å². The van der Waals surface area contributed by atoms with Gasteiger partial charge in [-0.3, -0.25) is 9.78 Å². The molecule has 2 aromatic rings. The van der Waals surface area contributed by atoms with Gasteiger partial charge >= 0.3 is 0 Å². The number of anilines is 1. The van der Waals surface area contributed by atoms with Crippen LogP contribution in [0.25, 0.3) is 0 Å². The molecule has 0 aliphatic rings. The number of benzene rings is 1. The number of aromatic nitrogens is 1. The minimum Gasteiger partial charge on any atom is -0.319 e. The summed E-state index contributed by atoms with van der Waals surface area (Å²) in [5.41, 5.74) is 1.96. The Morgan fingerprint density at radius 2 is 2.00 bits per heavy atom. The molecule has 1 heterocycles. The molecule has 0 fully saturated rings. The molecule has 18 heavy (non-hydrogen) atoms. The number of pyridine rings is 1. The van der Waals surface area contributed by atoms with Gasteiger partial charge in [-0.05, 0) is 37.6 Å². The highest BCUT2D eigenvalue weighted by atomic mass is 19.1. The molecule has 4 heteroatoms. The van der Waals surface area contributed by atoms with Gasteiger partial charge in [-0.15, -0.1) is 0 Å². The molecule has 0 unspecified atom stereocenters. The highest BCUT2D eigenvalue weighted by Crippen LogP contribution is 2.19. The fraction of sp³-hybridized carbons (Fsp3) is 0.143. The molecule has 0 spiro atoms. The topological polar surface area (TPSA) is 42.0 Å². The van der Waals surface area contributed by atoms with Crippen molar-refractivity contribution in [1.82, 2.24) is 4.98 Å². The average molecular weight is 244 g/mol. The summed E-state index contributed by atoms with van der Waals surface area (Å²) in [4.78, 5) is 16.1. The third-order valence-corrected chi connectivity index (χ3v) is 2.71. The van der Waals surface area contributed by atoms with Gasteiger partial charge in [-0.1, -0.05) is 12.1 Å². The highest BCUT2D eigenvalue weighted by Gasteiger charge is 2.13. The predicted molar refractivity (Wildman–Crippen MR) is 68.1 cm³/mol. The maximum absolute atomic E-state index is 13.6. The fourth-order valence-electron chi connectivity index (χ4n) is 1.70. The monoisotopic (exact) mass is 244 g/mol. The molecule has 0 bridgehead atoms. The Kier molecular flexibility index (Phi) is 3.37. The predicted octanol–water partition coefficient (Wildman–Crippen LogP) is 3.09.